The molecule has 4 nitrogen and oxygen atoms in total. The standard InChI is InChI=1S/C28H28O4/c1-3-31-28(29)27(30-2)19-20-14-16-21(17-15-20)32-18-8-13-26-24-11-6-4-9-22(24)23-10-5-7-12-25(23)26/h4-7,9-17,27H,3,8,18-19H2,1-2H3. The highest BCUT2D eigenvalue weighted by Gasteiger charge is 2.22. The van der Waals surface area contributed by atoms with Crippen molar-refractivity contribution in [1.82, 2.24) is 0 Å². The van der Waals surface area contributed by atoms with Crippen molar-refractivity contribution in [3.8, 4) is 16.9 Å². The smallest absolute Gasteiger partial charge is 0.335 e. The van der Waals surface area contributed by atoms with Crippen LogP contribution in [0.1, 0.15) is 30.0 Å². The fraction of sp³-hybridized carbons (Fsp3) is 0.250. The second kappa shape index (κ2) is 10.3. The van der Waals surface area contributed by atoms with Gasteiger partial charge in [-0.25, -0.2) is 4.79 Å². The Morgan fingerprint density at radius 3 is 2.03 bits per heavy atom. The zero-order valence-corrected chi connectivity index (χ0v) is 18.5. The van der Waals surface area contributed by atoms with E-state index in [1.165, 1.54) is 34.9 Å². The van der Waals surface area contributed by atoms with Gasteiger partial charge in [0, 0.05) is 20.0 Å². The molecule has 1 aliphatic rings. The van der Waals surface area contributed by atoms with Gasteiger partial charge in [0.1, 0.15) is 5.75 Å². The third kappa shape index (κ3) is 4.76. The quantitative estimate of drug-likeness (QED) is 0.254. The summed E-state index contributed by atoms with van der Waals surface area (Å²) in [6.07, 6.45) is 2.96. The zero-order chi connectivity index (χ0) is 22.3. The maximum Gasteiger partial charge on any atom is 0.335 e. The maximum atomic E-state index is 11.9. The first-order chi connectivity index (χ1) is 15.7. The van der Waals surface area contributed by atoms with Crippen LogP contribution in [0, 0.1) is 0 Å². The second-order valence-corrected chi connectivity index (χ2v) is 7.67. The molecule has 0 saturated heterocycles. The molecule has 0 N–H and O–H groups in total. The molecule has 1 unspecified atom stereocenters. The van der Waals surface area contributed by atoms with E-state index in [4.69, 9.17) is 14.2 Å². The van der Waals surface area contributed by atoms with Crippen LogP contribution in [0.5, 0.6) is 5.75 Å². The lowest BCUT2D eigenvalue weighted by Crippen LogP contribution is -2.27. The molecule has 0 fully saturated rings. The lowest BCUT2D eigenvalue weighted by atomic mass is 10.0. The third-order valence-electron chi connectivity index (χ3n) is 5.64. The van der Waals surface area contributed by atoms with Gasteiger partial charge in [0.05, 0.1) is 13.2 Å². The lowest BCUT2D eigenvalue weighted by Gasteiger charge is -2.14. The molecule has 1 atom stereocenters. The maximum absolute atomic E-state index is 11.9. The summed E-state index contributed by atoms with van der Waals surface area (Å²) in [5.74, 6) is 0.475. The van der Waals surface area contributed by atoms with E-state index in [0.29, 0.717) is 19.6 Å². The molecule has 0 saturated carbocycles. The van der Waals surface area contributed by atoms with Gasteiger partial charge in [0.15, 0.2) is 6.10 Å². The highest BCUT2D eigenvalue weighted by Crippen LogP contribution is 2.43. The average Bonchev–Trinajstić information content (AvgIpc) is 3.15. The van der Waals surface area contributed by atoms with Crippen molar-refractivity contribution in [2.24, 2.45) is 0 Å². The molecule has 164 valence electrons. The Balaban J connectivity index is 1.35. The Hall–Kier alpha value is -3.37. The van der Waals surface area contributed by atoms with Crippen LogP contribution in [0.2, 0.25) is 0 Å². The summed E-state index contributed by atoms with van der Waals surface area (Å²) < 4.78 is 16.3. The van der Waals surface area contributed by atoms with Gasteiger partial charge >= 0.3 is 5.97 Å². The van der Waals surface area contributed by atoms with Crippen LogP contribution >= 0.6 is 0 Å². The fourth-order valence-electron chi connectivity index (χ4n) is 4.08. The molecule has 1 aliphatic carbocycles. The van der Waals surface area contributed by atoms with Gasteiger partial charge in [-0.15, -0.1) is 0 Å². The van der Waals surface area contributed by atoms with Crippen LogP contribution in [0.25, 0.3) is 16.7 Å². The van der Waals surface area contributed by atoms with Gasteiger partial charge in [0.2, 0.25) is 0 Å². The van der Waals surface area contributed by atoms with Gasteiger partial charge in [0.25, 0.3) is 0 Å². The van der Waals surface area contributed by atoms with E-state index in [1.54, 1.807) is 6.92 Å². The van der Waals surface area contributed by atoms with E-state index >= 15 is 0 Å². The fourth-order valence-corrected chi connectivity index (χ4v) is 4.08. The molecule has 4 heteroatoms. The van der Waals surface area contributed by atoms with Crippen molar-refractivity contribution < 1.29 is 19.0 Å². The number of hydrogen-bond acceptors (Lipinski definition) is 4. The Morgan fingerprint density at radius 2 is 1.47 bits per heavy atom. The van der Waals surface area contributed by atoms with Crippen molar-refractivity contribution in [1.29, 1.82) is 0 Å². The number of methoxy groups -OCH3 is 1. The van der Waals surface area contributed by atoms with Crippen molar-refractivity contribution >= 4 is 11.5 Å². The Kier molecular flexibility index (Phi) is 7.03. The number of rotatable bonds is 9. The molecule has 0 bridgehead atoms. The predicted octanol–water partition coefficient (Wildman–Crippen LogP) is 5.69. The summed E-state index contributed by atoms with van der Waals surface area (Å²) in [7, 11) is 1.52. The lowest BCUT2D eigenvalue weighted by molar-refractivity contribution is -0.154. The number of fused-ring (bicyclic) bond motifs is 3. The molecule has 0 heterocycles. The van der Waals surface area contributed by atoms with Gasteiger partial charge < -0.3 is 14.2 Å². The number of carbonyl (C=O) groups excluding carboxylic acids is 1. The second-order valence-electron chi connectivity index (χ2n) is 7.67. The van der Waals surface area contributed by atoms with E-state index in [2.05, 4.69) is 54.6 Å². The molecular formula is C28H28O4. The first kappa shape index (κ1) is 21.8. The van der Waals surface area contributed by atoms with Crippen molar-refractivity contribution in [2.75, 3.05) is 20.3 Å². The Labute approximate surface area is 189 Å². The van der Waals surface area contributed by atoms with Gasteiger partial charge in [-0.3, -0.25) is 0 Å². The van der Waals surface area contributed by atoms with E-state index in [1.807, 2.05) is 24.3 Å². The predicted molar refractivity (Wildman–Crippen MR) is 127 cm³/mol. The first-order valence-electron chi connectivity index (χ1n) is 11.0. The molecule has 32 heavy (non-hydrogen) atoms. The molecule has 0 spiro atoms. The number of esters is 1. The summed E-state index contributed by atoms with van der Waals surface area (Å²) in [6, 6.07) is 24.9. The van der Waals surface area contributed by atoms with Gasteiger partial charge in [-0.05, 0) is 52.4 Å². The van der Waals surface area contributed by atoms with E-state index in [9.17, 15) is 4.79 Å². The Bertz CT molecular complexity index is 1050. The molecule has 0 aromatic heterocycles. The first-order valence-corrected chi connectivity index (χ1v) is 11.0. The number of ether oxygens (including phenoxy) is 3. The molecule has 4 rings (SSSR count). The number of hydrogen-bond donors (Lipinski definition) is 0. The molecule has 3 aromatic rings. The molecule has 3 aromatic carbocycles. The normalized spacial score (nSPS) is 12.6. The summed E-state index contributed by atoms with van der Waals surface area (Å²) in [6.45, 7) is 2.73. The van der Waals surface area contributed by atoms with Crippen LogP contribution < -0.4 is 4.74 Å². The highest BCUT2D eigenvalue weighted by atomic mass is 16.6. The van der Waals surface area contributed by atoms with Crippen molar-refractivity contribution in [3.05, 3.63) is 95.6 Å². The summed E-state index contributed by atoms with van der Waals surface area (Å²) in [4.78, 5) is 11.9. The topological polar surface area (TPSA) is 44.8 Å². The zero-order valence-electron chi connectivity index (χ0n) is 18.5. The van der Waals surface area contributed by atoms with Crippen LogP contribution in [-0.4, -0.2) is 32.4 Å². The Morgan fingerprint density at radius 1 is 0.875 bits per heavy atom. The van der Waals surface area contributed by atoms with Crippen LogP contribution in [0.4, 0.5) is 0 Å². The van der Waals surface area contributed by atoms with E-state index < -0.39 is 6.10 Å². The largest absolute Gasteiger partial charge is 0.493 e. The van der Waals surface area contributed by atoms with Crippen LogP contribution in [0.3, 0.4) is 0 Å². The minimum absolute atomic E-state index is 0.335. The third-order valence-corrected chi connectivity index (χ3v) is 5.64. The molecule has 0 radical (unpaired) electrons. The highest BCUT2D eigenvalue weighted by molar-refractivity contribution is 6.01. The molecule has 0 amide bonds. The summed E-state index contributed by atoms with van der Waals surface area (Å²) in [5.41, 5.74) is 7.43. The van der Waals surface area contributed by atoms with E-state index in [-0.39, 0.29) is 5.97 Å². The molecule has 0 aliphatic heterocycles. The minimum Gasteiger partial charge on any atom is -0.493 e. The van der Waals surface area contributed by atoms with Crippen LogP contribution in [0.15, 0.2) is 78.9 Å². The minimum atomic E-state index is -0.592. The SMILES string of the molecule is CCOC(=O)C(Cc1ccc(OCCC=C2c3ccccc3-c3ccccc32)cc1)OC. The summed E-state index contributed by atoms with van der Waals surface area (Å²) >= 11 is 0. The number of benzene rings is 3. The monoisotopic (exact) mass is 428 g/mol. The van der Waals surface area contributed by atoms with E-state index in [0.717, 1.165) is 17.7 Å². The average molecular weight is 429 g/mol. The van der Waals surface area contributed by atoms with Crippen molar-refractivity contribution in [3.63, 3.8) is 0 Å². The van der Waals surface area contributed by atoms with Crippen molar-refractivity contribution in [2.45, 2.75) is 25.9 Å². The van der Waals surface area contributed by atoms with Gasteiger partial charge in [-0.2, -0.15) is 0 Å². The number of carbonyl (C=O) groups is 1. The summed E-state index contributed by atoms with van der Waals surface area (Å²) in [5, 5.41) is 0. The van der Waals surface area contributed by atoms with Gasteiger partial charge in [-0.1, -0.05) is 66.7 Å². The molecular weight excluding hydrogens is 400 g/mol. The van der Waals surface area contributed by atoms with Crippen LogP contribution in [-0.2, 0) is 20.7 Å².